The first kappa shape index (κ1) is 17.4. The number of benzene rings is 1. The van der Waals surface area contributed by atoms with Gasteiger partial charge in [0, 0.05) is 24.7 Å². The molecule has 0 aliphatic rings. The van der Waals surface area contributed by atoms with Gasteiger partial charge >= 0.3 is 0 Å². The largest absolute Gasteiger partial charge is 0.324 e. The number of unbranched alkanes of at least 4 members (excludes halogenated alkanes) is 2. The molecule has 3 N–H and O–H groups in total. The molecule has 0 amide bonds. The van der Waals surface area contributed by atoms with E-state index in [1.54, 1.807) is 12.1 Å². The Hall–Kier alpha value is -1.66. The first-order valence-corrected chi connectivity index (χ1v) is 7.47. The molecule has 118 valence electrons. The summed E-state index contributed by atoms with van der Waals surface area (Å²) in [5.41, 5.74) is 4.32. The van der Waals surface area contributed by atoms with Gasteiger partial charge in [0.05, 0.1) is 10.6 Å². The second kappa shape index (κ2) is 8.59. The third-order valence-electron chi connectivity index (χ3n) is 3.61. The standard InChI is InChI=1S/C15H26N4O2/c1-4-5-6-9-18(12(2)3)11-13-10-14(19(20)21)7-8-15(13)17-16/h7-8,10,12,17H,4-6,9,11,16H2,1-3H3. The van der Waals surface area contributed by atoms with E-state index in [-0.39, 0.29) is 10.6 Å². The van der Waals surface area contributed by atoms with Gasteiger partial charge in [0.25, 0.3) is 5.69 Å². The molecule has 0 unspecified atom stereocenters. The third-order valence-corrected chi connectivity index (χ3v) is 3.61. The van der Waals surface area contributed by atoms with Crippen LogP contribution in [0.4, 0.5) is 11.4 Å². The van der Waals surface area contributed by atoms with Crippen LogP contribution in [-0.4, -0.2) is 22.4 Å². The fourth-order valence-electron chi connectivity index (χ4n) is 2.27. The van der Waals surface area contributed by atoms with E-state index in [9.17, 15) is 10.1 Å². The van der Waals surface area contributed by atoms with Gasteiger partial charge in [-0.3, -0.25) is 20.9 Å². The second-order valence-electron chi connectivity index (χ2n) is 5.51. The maximum atomic E-state index is 10.9. The monoisotopic (exact) mass is 294 g/mol. The number of non-ortho nitro benzene ring substituents is 1. The lowest BCUT2D eigenvalue weighted by atomic mass is 10.1. The molecule has 0 atom stereocenters. The molecule has 0 spiro atoms. The maximum absolute atomic E-state index is 10.9. The Kier molecular flexibility index (Phi) is 7.11. The van der Waals surface area contributed by atoms with E-state index in [0.717, 1.165) is 24.2 Å². The van der Waals surface area contributed by atoms with Crippen molar-refractivity contribution in [2.75, 3.05) is 12.0 Å². The van der Waals surface area contributed by atoms with Gasteiger partial charge < -0.3 is 5.43 Å². The van der Waals surface area contributed by atoms with Gasteiger partial charge in [-0.25, -0.2) is 0 Å². The average molecular weight is 294 g/mol. The van der Waals surface area contributed by atoms with E-state index in [2.05, 4.69) is 31.1 Å². The van der Waals surface area contributed by atoms with Crippen LogP contribution in [0, 0.1) is 10.1 Å². The van der Waals surface area contributed by atoms with Crippen molar-refractivity contribution in [1.82, 2.24) is 4.90 Å². The fourth-order valence-corrected chi connectivity index (χ4v) is 2.27. The second-order valence-corrected chi connectivity index (χ2v) is 5.51. The van der Waals surface area contributed by atoms with Crippen molar-refractivity contribution in [1.29, 1.82) is 0 Å². The Balaban J connectivity index is 2.90. The minimum atomic E-state index is -0.374. The van der Waals surface area contributed by atoms with Crippen LogP contribution >= 0.6 is 0 Å². The number of hydrazine groups is 1. The smallest absolute Gasteiger partial charge is 0.269 e. The van der Waals surface area contributed by atoms with Crippen molar-refractivity contribution in [2.24, 2.45) is 5.84 Å². The van der Waals surface area contributed by atoms with Crippen LogP contribution in [0.3, 0.4) is 0 Å². The van der Waals surface area contributed by atoms with E-state index in [4.69, 9.17) is 5.84 Å². The number of nitro benzene ring substituents is 1. The van der Waals surface area contributed by atoms with Crippen molar-refractivity contribution in [2.45, 2.75) is 52.6 Å². The molecule has 6 heteroatoms. The number of nitrogens with zero attached hydrogens (tertiary/aromatic N) is 2. The van der Waals surface area contributed by atoms with Crippen LogP contribution in [0.25, 0.3) is 0 Å². The maximum Gasteiger partial charge on any atom is 0.269 e. The summed E-state index contributed by atoms with van der Waals surface area (Å²) in [6.07, 6.45) is 3.51. The summed E-state index contributed by atoms with van der Waals surface area (Å²) in [4.78, 5) is 12.9. The third kappa shape index (κ3) is 5.32. The van der Waals surface area contributed by atoms with Gasteiger partial charge in [0.1, 0.15) is 0 Å². The molecular formula is C15H26N4O2. The molecule has 0 fully saturated rings. The van der Waals surface area contributed by atoms with Gasteiger partial charge in [-0.05, 0) is 38.4 Å². The molecule has 21 heavy (non-hydrogen) atoms. The van der Waals surface area contributed by atoms with Gasteiger partial charge in [-0.2, -0.15) is 0 Å². The molecule has 1 aromatic rings. The highest BCUT2D eigenvalue weighted by Gasteiger charge is 2.15. The molecule has 0 aliphatic carbocycles. The lowest BCUT2D eigenvalue weighted by Gasteiger charge is -2.27. The van der Waals surface area contributed by atoms with Gasteiger partial charge in [0.15, 0.2) is 0 Å². The Morgan fingerprint density at radius 3 is 2.62 bits per heavy atom. The fraction of sp³-hybridized carbons (Fsp3) is 0.600. The van der Waals surface area contributed by atoms with Crippen molar-refractivity contribution >= 4 is 11.4 Å². The van der Waals surface area contributed by atoms with E-state index in [0.29, 0.717) is 12.6 Å². The molecule has 0 saturated carbocycles. The lowest BCUT2D eigenvalue weighted by molar-refractivity contribution is -0.384. The highest BCUT2D eigenvalue weighted by Crippen LogP contribution is 2.23. The van der Waals surface area contributed by atoms with Crippen LogP contribution in [0.15, 0.2) is 18.2 Å². The highest BCUT2D eigenvalue weighted by molar-refractivity contribution is 5.55. The topological polar surface area (TPSA) is 84.4 Å². The summed E-state index contributed by atoms with van der Waals surface area (Å²) in [6, 6.07) is 5.12. The molecular weight excluding hydrogens is 268 g/mol. The quantitative estimate of drug-likeness (QED) is 0.316. The molecule has 1 aromatic carbocycles. The van der Waals surface area contributed by atoms with E-state index >= 15 is 0 Å². The van der Waals surface area contributed by atoms with E-state index < -0.39 is 0 Å². The van der Waals surface area contributed by atoms with Gasteiger partial charge in [-0.15, -0.1) is 0 Å². The zero-order chi connectivity index (χ0) is 15.8. The summed E-state index contributed by atoms with van der Waals surface area (Å²) in [7, 11) is 0. The Bertz CT molecular complexity index is 463. The zero-order valence-electron chi connectivity index (χ0n) is 13.1. The van der Waals surface area contributed by atoms with Crippen LogP contribution in [0.1, 0.15) is 45.6 Å². The van der Waals surface area contributed by atoms with Crippen LogP contribution in [0.2, 0.25) is 0 Å². The molecule has 0 radical (unpaired) electrons. The minimum Gasteiger partial charge on any atom is -0.324 e. The molecule has 1 rings (SSSR count). The molecule has 0 saturated heterocycles. The van der Waals surface area contributed by atoms with Crippen LogP contribution in [-0.2, 0) is 6.54 Å². The zero-order valence-corrected chi connectivity index (χ0v) is 13.1. The average Bonchev–Trinajstić information content (AvgIpc) is 2.45. The number of nitrogens with one attached hydrogen (secondary N) is 1. The Labute approximate surface area is 126 Å². The minimum absolute atomic E-state index is 0.0984. The van der Waals surface area contributed by atoms with Crippen molar-refractivity contribution in [3.05, 3.63) is 33.9 Å². The Morgan fingerprint density at radius 1 is 1.38 bits per heavy atom. The SMILES string of the molecule is CCCCCN(Cc1cc([N+](=O)[O-])ccc1NN)C(C)C. The molecule has 0 bridgehead atoms. The number of hydrogen-bond donors (Lipinski definition) is 2. The normalized spacial score (nSPS) is 11.1. The molecule has 6 nitrogen and oxygen atoms in total. The first-order chi connectivity index (χ1) is 9.99. The summed E-state index contributed by atoms with van der Waals surface area (Å²) in [5.74, 6) is 5.51. The number of nitrogen functional groups attached to an aromatic ring is 1. The van der Waals surface area contributed by atoms with E-state index in [1.165, 1.54) is 18.9 Å². The number of nitro groups is 1. The number of anilines is 1. The number of hydrogen-bond acceptors (Lipinski definition) is 5. The summed E-state index contributed by atoms with van der Waals surface area (Å²) in [5, 5.41) is 10.9. The summed E-state index contributed by atoms with van der Waals surface area (Å²) in [6.45, 7) is 8.09. The summed E-state index contributed by atoms with van der Waals surface area (Å²) < 4.78 is 0. The van der Waals surface area contributed by atoms with E-state index in [1.807, 2.05) is 0 Å². The number of nitrogens with two attached hydrogens (primary N) is 1. The number of rotatable bonds is 9. The molecule has 0 aromatic heterocycles. The van der Waals surface area contributed by atoms with Crippen LogP contribution < -0.4 is 11.3 Å². The predicted molar refractivity (Wildman–Crippen MR) is 86.0 cm³/mol. The predicted octanol–water partition coefficient (Wildman–Crippen LogP) is 3.28. The summed E-state index contributed by atoms with van der Waals surface area (Å²) >= 11 is 0. The van der Waals surface area contributed by atoms with Gasteiger partial charge in [-0.1, -0.05) is 19.8 Å². The molecule has 0 aliphatic heterocycles. The Morgan fingerprint density at radius 2 is 2.10 bits per heavy atom. The van der Waals surface area contributed by atoms with Crippen LogP contribution in [0.5, 0.6) is 0 Å². The lowest BCUT2D eigenvalue weighted by Crippen LogP contribution is -2.31. The van der Waals surface area contributed by atoms with Gasteiger partial charge in [0.2, 0.25) is 0 Å². The van der Waals surface area contributed by atoms with Crippen molar-refractivity contribution in [3.8, 4) is 0 Å². The highest BCUT2D eigenvalue weighted by atomic mass is 16.6. The molecule has 0 heterocycles. The van der Waals surface area contributed by atoms with Crippen molar-refractivity contribution < 1.29 is 4.92 Å². The van der Waals surface area contributed by atoms with Crippen molar-refractivity contribution in [3.63, 3.8) is 0 Å². The first-order valence-electron chi connectivity index (χ1n) is 7.47.